The molecule has 2 rings (SSSR count). The molecule has 2 aromatic rings. The Hall–Kier alpha value is -1.90. The standard InChI is InChI=1S/C13H14N2O/c1-10(2)16-13-7-6-11(9-15-13)12-5-3-4-8-14-12/h3-10H,1-2H3. The summed E-state index contributed by atoms with van der Waals surface area (Å²) in [5, 5.41) is 0. The summed E-state index contributed by atoms with van der Waals surface area (Å²) in [7, 11) is 0. The third-order valence-electron chi connectivity index (χ3n) is 2.05. The lowest BCUT2D eigenvalue weighted by Gasteiger charge is -2.08. The Morgan fingerprint density at radius 3 is 2.50 bits per heavy atom. The van der Waals surface area contributed by atoms with E-state index >= 15 is 0 Å². The Morgan fingerprint density at radius 1 is 1.06 bits per heavy atom. The summed E-state index contributed by atoms with van der Waals surface area (Å²) >= 11 is 0. The van der Waals surface area contributed by atoms with Crippen LogP contribution in [0.5, 0.6) is 5.88 Å². The molecule has 0 fully saturated rings. The molecule has 16 heavy (non-hydrogen) atoms. The van der Waals surface area contributed by atoms with Gasteiger partial charge in [-0.15, -0.1) is 0 Å². The summed E-state index contributed by atoms with van der Waals surface area (Å²) < 4.78 is 5.47. The van der Waals surface area contributed by atoms with Gasteiger partial charge in [0.2, 0.25) is 5.88 Å². The van der Waals surface area contributed by atoms with Crippen LogP contribution >= 0.6 is 0 Å². The Kier molecular flexibility index (Phi) is 3.15. The fraction of sp³-hybridized carbons (Fsp3) is 0.231. The minimum atomic E-state index is 0.146. The molecule has 0 spiro atoms. The van der Waals surface area contributed by atoms with Crippen molar-refractivity contribution < 1.29 is 4.74 Å². The zero-order valence-electron chi connectivity index (χ0n) is 9.42. The Morgan fingerprint density at radius 2 is 1.94 bits per heavy atom. The smallest absolute Gasteiger partial charge is 0.213 e. The van der Waals surface area contributed by atoms with Gasteiger partial charge in [-0.3, -0.25) is 4.98 Å². The van der Waals surface area contributed by atoms with Crippen LogP contribution in [0.2, 0.25) is 0 Å². The highest BCUT2D eigenvalue weighted by molar-refractivity contribution is 5.57. The van der Waals surface area contributed by atoms with E-state index in [1.54, 1.807) is 12.4 Å². The average molecular weight is 214 g/mol. The molecule has 0 aliphatic carbocycles. The van der Waals surface area contributed by atoms with Crippen molar-refractivity contribution in [2.75, 3.05) is 0 Å². The molecule has 2 aromatic heterocycles. The van der Waals surface area contributed by atoms with Gasteiger partial charge in [0.15, 0.2) is 0 Å². The molecule has 0 aromatic carbocycles. The first kappa shape index (κ1) is 10.6. The summed E-state index contributed by atoms with van der Waals surface area (Å²) in [4.78, 5) is 8.49. The highest BCUT2D eigenvalue weighted by Crippen LogP contribution is 2.17. The fourth-order valence-electron chi connectivity index (χ4n) is 1.38. The average Bonchev–Trinajstić information content (AvgIpc) is 2.30. The molecule has 3 nitrogen and oxygen atoms in total. The van der Waals surface area contributed by atoms with Crippen LogP contribution in [-0.2, 0) is 0 Å². The normalized spacial score (nSPS) is 10.4. The van der Waals surface area contributed by atoms with Crippen molar-refractivity contribution in [2.24, 2.45) is 0 Å². The molecule has 2 heterocycles. The highest BCUT2D eigenvalue weighted by atomic mass is 16.5. The lowest BCUT2D eigenvalue weighted by Crippen LogP contribution is -2.06. The van der Waals surface area contributed by atoms with Gasteiger partial charge < -0.3 is 4.74 Å². The second-order valence-corrected chi connectivity index (χ2v) is 3.77. The molecule has 0 unspecified atom stereocenters. The van der Waals surface area contributed by atoms with Crippen molar-refractivity contribution in [3.63, 3.8) is 0 Å². The highest BCUT2D eigenvalue weighted by Gasteiger charge is 2.01. The Bertz CT molecular complexity index is 437. The second kappa shape index (κ2) is 4.75. The van der Waals surface area contributed by atoms with E-state index in [-0.39, 0.29) is 6.10 Å². The first-order valence-corrected chi connectivity index (χ1v) is 5.30. The van der Waals surface area contributed by atoms with E-state index in [1.165, 1.54) is 0 Å². The molecule has 0 bridgehead atoms. The van der Waals surface area contributed by atoms with Crippen LogP contribution in [0.1, 0.15) is 13.8 Å². The largest absolute Gasteiger partial charge is 0.475 e. The van der Waals surface area contributed by atoms with E-state index < -0.39 is 0 Å². The summed E-state index contributed by atoms with van der Waals surface area (Å²) in [5.74, 6) is 0.648. The van der Waals surface area contributed by atoms with Crippen LogP contribution in [0.3, 0.4) is 0 Å². The summed E-state index contributed by atoms with van der Waals surface area (Å²) in [6, 6.07) is 9.64. The van der Waals surface area contributed by atoms with Gasteiger partial charge in [-0.05, 0) is 32.0 Å². The van der Waals surface area contributed by atoms with E-state index in [4.69, 9.17) is 4.74 Å². The lowest BCUT2D eigenvalue weighted by molar-refractivity contribution is 0.232. The molecule has 0 aliphatic rings. The van der Waals surface area contributed by atoms with Crippen molar-refractivity contribution in [1.29, 1.82) is 0 Å². The molecule has 3 heteroatoms. The maximum absolute atomic E-state index is 5.47. The number of ether oxygens (including phenoxy) is 1. The molecule has 0 aliphatic heterocycles. The zero-order chi connectivity index (χ0) is 11.4. The van der Waals surface area contributed by atoms with E-state index in [9.17, 15) is 0 Å². The maximum Gasteiger partial charge on any atom is 0.213 e. The monoisotopic (exact) mass is 214 g/mol. The zero-order valence-corrected chi connectivity index (χ0v) is 9.42. The van der Waals surface area contributed by atoms with E-state index in [0.29, 0.717) is 5.88 Å². The topological polar surface area (TPSA) is 35.0 Å². The molecule has 0 saturated heterocycles. The van der Waals surface area contributed by atoms with E-state index in [0.717, 1.165) is 11.3 Å². The first-order valence-electron chi connectivity index (χ1n) is 5.30. The molecule has 0 atom stereocenters. The number of rotatable bonds is 3. The van der Waals surface area contributed by atoms with Crippen molar-refractivity contribution >= 4 is 0 Å². The minimum absolute atomic E-state index is 0.146. The molecule has 0 saturated carbocycles. The summed E-state index contributed by atoms with van der Waals surface area (Å²) in [5.41, 5.74) is 1.92. The molecule has 82 valence electrons. The Balaban J connectivity index is 2.20. The number of hydrogen-bond acceptors (Lipinski definition) is 3. The first-order chi connectivity index (χ1) is 7.75. The van der Waals surface area contributed by atoms with Crippen LogP contribution in [0, 0.1) is 0 Å². The molecule has 0 radical (unpaired) electrons. The quantitative estimate of drug-likeness (QED) is 0.788. The van der Waals surface area contributed by atoms with Crippen LogP contribution in [0.25, 0.3) is 11.3 Å². The van der Waals surface area contributed by atoms with Gasteiger partial charge in [-0.1, -0.05) is 6.07 Å². The van der Waals surface area contributed by atoms with Gasteiger partial charge in [0.1, 0.15) is 0 Å². The van der Waals surface area contributed by atoms with Gasteiger partial charge >= 0.3 is 0 Å². The van der Waals surface area contributed by atoms with Crippen LogP contribution in [-0.4, -0.2) is 16.1 Å². The third-order valence-corrected chi connectivity index (χ3v) is 2.05. The maximum atomic E-state index is 5.47. The van der Waals surface area contributed by atoms with Crippen molar-refractivity contribution in [3.05, 3.63) is 42.7 Å². The molecule has 0 N–H and O–H groups in total. The van der Waals surface area contributed by atoms with Gasteiger partial charge in [0, 0.05) is 24.0 Å². The van der Waals surface area contributed by atoms with Crippen LogP contribution in [0.15, 0.2) is 42.7 Å². The van der Waals surface area contributed by atoms with Gasteiger partial charge in [-0.25, -0.2) is 4.98 Å². The van der Waals surface area contributed by atoms with Crippen molar-refractivity contribution in [2.45, 2.75) is 20.0 Å². The third kappa shape index (κ3) is 2.57. The van der Waals surface area contributed by atoms with E-state index in [1.807, 2.05) is 44.2 Å². The van der Waals surface area contributed by atoms with E-state index in [2.05, 4.69) is 9.97 Å². The fourth-order valence-corrected chi connectivity index (χ4v) is 1.38. The van der Waals surface area contributed by atoms with Gasteiger partial charge in [0.05, 0.1) is 11.8 Å². The SMILES string of the molecule is CC(C)Oc1ccc(-c2ccccn2)cn1. The Labute approximate surface area is 95.1 Å². The minimum Gasteiger partial charge on any atom is -0.475 e. The predicted octanol–water partition coefficient (Wildman–Crippen LogP) is 2.93. The predicted molar refractivity (Wildman–Crippen MR) is 63.2 cm³/mol. The number of pyridine rings is 2. The number of hydrogen-bond donors (Lipinski definition) is 0. The number of aromatic nitrogens is 2. The van der Waals surface area contributed by atoms with Gasteiger partial charge in [0.25, 0.3) is 0 Å². The molecular weight excluding hydrogens is 200 g/mol. The summed E-state index contributed by atoms with van der Waals surface area (Å²) in [6.45, 7) is 3.96. The second-order valence-electron chi connectivity index (χ2n) is 3.77. The number of nitrogens with zero attached hydrogens (tertiary/aromatic N) is 2. The summed E-state index contributed by atoms with van der Waals surface area (Å²) in [6.07, 6.45) is 3.70. The van der Waals surface area contributed by atoms with Gasteiger partial charge in [-0.2, -0.15) is 0 Å². The van der Waals surface area contributed by atoms with Crippen molar-refractivity contribution in [1.82, 2.24) is 9.97 Å². The van der Waals surface area contributed by atoms with Crippen molar-refractivity contribution in [3.8, 4) is 17.1 Å². The van der Waals surface area contributed by atoms with Crippen LogP contribution < -0.4 is 4.74 Å². The van der Waals surface area contributed by atoms with Crippen LogP contribution in [0.4, 0.5) is 0 Å². The molecular formula is C13H14N2O. The lowest BCUT2D eigenvalue weighted by atomic mass is 10.2. The molecule has 0 amide bonds.